The normalized spacial score (nSPS) is 18.7. The van der Waals surface area contributed by atoms with Gasteiger partial charge in [0.1, 0.15) is 5.82 Å². The van der Waals surface area contributed by atoms with Crippen LogP contribution >= 0.6 is 0 Å². The molecule has 32 heavy (non-hydrogen) atoms. The number of piperidine rings is 1. The molecule has 1 atom stereocenters. The summed E-state index contributed by atoms with van der Waals surface area (Å²) in [6.07, 6.45) is 2.42. The highest BCUT2D eigenvalue weighted by Crippen LogP contribution is 2.34. The first-order chi connectivity index (χ1) is 15.7. The van der Waals surface area contributed by atoms with E-state index >= 15 is 0 Å². The molecule has 2 saturated heterocycles. The van der Waals surface area contributed by atoms with Gasteiger partial charge in [-0.05, 0) is 24.1 Å². The van der Waals surface area contributed by atoms with Gasteiger partial charge in [-0.1, -0.05) is 55.5 Å². The highest BCUT2D eigenvalue weighted by Gasteiger charge is 2.40. The van der Waals surface area contributed by atoms with Crippen molar-refractivity contribution >= 4 is 22.6 Å². The second-order valence-corrected chi connectivity index (χ2v) is 8.48. The van der Waals surface area contributed by atoms with Crippen molar-refractivity contribution in [1.29, 1.82) is 0 Å². The fourth-order valence-electron chi connectivity index (χ4n) is 4.72. The van der Waals surface area contributed by atoms with Crippen molar-refractivity contribution in [3.8, 4) is 0 Å². The molecular weight excluding hydrogens is 402 g/mol. The quantitative estimate of drug-likeness (QED) is 0.646. The molecule has 2 aromatic carbocycles. The Balaban J connectivity index is 1.43. The zero-order valence-corrected chi connectivity index (χ0v) is 18.4. The van der Waals surface area contributed by atoms with E-state index in [-0.39, 0.29) is 11.9 Å². The van der Waals surface area contributed by atoms with Crippen molar-refractivity contribution in [3.63, 3.8) is 0 Å². The number of rotatable bonds is 5. The second kappa shape index (κ2) is 8.88. The van der Waals surface area contributed by atoms with Gasteiger partial charge in [0, 0.05) is 31.3 Å². The Labute approximate surface area is 188 Å². The molecule has 3 heterocycles. The summed E-state index contributed by atoms with van der Waals surface area (Å²) in [5.41, 5.74) is 2.60. The number of nitrogens with zero attached hydrogens (tertiary/aromatic N) is 2. The van der Waals surface area contributed by atoms with Crippen molar-refractivity contribution in [1.82, 2.24) is 10.3 Å². The molecule has 3 aromatic rings. The van der Waals surface area contributed by atoms with Crippen LogP contribution in [0, 0.1) is 0 Å². The van der Waals surface area contributed by atoms with Crippen molar-refractivity contribution in [3.05, 3.63) is 71.8 Å². The van der Waals surface area contributed by atoms with E-state index < -0.39 is 5.79 Å². The van der Waals surface area contributed by atoms with Crippen molar-refractivity contribution in [2.24, 2.45) is 0 Å². The lowest BCUT2D eigenvalue weighted by Gasteiger charge is -2.38. The van der Waals surface area contributed by atoms with E-state index in [2.05, 4.69) is 29.3 Å². The SMILES string of the molecule is CC[C@H](NC(=O)c1cc(N2CCC3(CC2)OCCO3)nc2ccccc12)c1ccccc1. The minimum atomic E-state index is -0.433. The van der Waals surface area contributed by atoms with Gasteiger partial charge in [-0.25, -0.2) is 4.98 Å². The number of ether oxygens (including phenoxy) is 2. The maximum Gasteiger partial charge on any atom is 0.252 e. The van der Waals surface area contributed by atoms with E-state index in [0.29, 0.717) is 18.8 Å². The number of benzene rings is 2. The van der Waals surface area contributed by atoms with Gasteiger partial charge in [-0.15, -0.1) is 0 Å². The number of nitrogens with one attached hydrogen (secondary N) is 1. The third-order valence-corrected chi connectivity index (χ3v) is 6.53. The minimum absolute atomic E-state index is 0.0365. The molecule has 1 N–H and O–H groups in total. The maximum atomic E-state index is 13.4. The highest BCUT2D eigenvalue weighted by atomic mass is 16.7. The van der Waals surface area contributed by atoms with Crippen molar-refractivity contribution in [2.45, 2.75) is 38.0 Å². The summed E-state index contributed by atoms with van der Waals surface area (Å²) >= 11 is 0. The topological polar surface area (TPSA) is 63.7 Å². The number of amides is 1. The number of carbonyl (C=O) groups excluding carboxylic acids is 1. The Morgan fingerprint density at radius 3 is 2.47 bits per heavy atom. The molecule has 0 radical (unpaired) electrons. The molecule has 6 nitrogen and oxygen atoms in total. The highest BCUT2D eigenvalue weighted by molar-refractivity contribution is 6.07. The summed E-state index contributed by atoms with van der Waals surface area (Å²) in [5.74, 6) is 0.323. The Morgan fingerprint density at radius 2 is 1.75 bits per heavy atom. The summed E-state index contributed by atoms with van der Waals surface area (Å²) in [6, 6.07) is 19.9. The van der Waals surface area contributed by atoms with Crippen LogP contribution in [0.2, 0.25) is 0 Å². The van der Waals surface area contributed by atoms with Crippen LogP contribution in [-0.2, 0) is 9.47 Å². The monoisotopic (exact) mass is 431 g/mol. The lowest BCUT2D eigenvalue weighted by molar-refractivity contribution is -0.169. The average Bonchev–Trinajstić information content (AvgIpc) is 3.30. The third-order valence-electron chi connectivity index (χ3n) is 6.53. The molecule has 2 aliphatic rings. The zero-order valence-electron chi connectivity index (χ0n) is 18.4. The number of hydrogen-bond acceptors (Lipinski definition) is 5. The maximum absolute atomic E-state index is 13.4. The number of aromatic nitrogens is 1. The molecule has 0 aliphatic carbocycles. The van der Waals surface area contributed by atoms with Crippen molar-refractivity contribution < 1.29 is 14.3 Å². The van der Waals surface area contributed by atoms with E-state index in [1.54, 1.807) is 0 Å². The van der Waals surface area contributed by atoms with E-state index in [9.17, 15) is 4.79 Å². The van der Waals surface area contributed by atoms with Gasteiger partial charge in [0.2, 0.25) is 0 Å². The predicted octanol–water partition coefficient (Wildman–Crippen LogP) is 4.46. The van der Waals surface area contributed by atoms with Gasteiger partial charge in [-0.2, -0.15) is 0 Å². The van der Waals surface area contributed by atoms with Gasteiger partial charge < -0.3 is 19.7 Å². The van der Waals surface area contributed by atoms with E-state index in [1.165, 1.54) is 0 Å². The largest absolute Gasteiger partial charge is 0.356 e. The van der Waals surface area contributed by atoms with Gasteiger partial charge in [0.05, 0.1) is 30.3 Å². The van der Waals surface area contributed by atoms with Crippen molar-refractivity contribution in [2.75, 3.05) is 31.2 Å². The Morgan fingerprint density at radius 1 is 1.06 bits per heavy atom. The van der Waals surface area contributed by atoms with E-state index in [1.807, 2.05) is 48.5 Å². The minimum Gasteiger partial charge on any atom is -0.356 e. The molecule has 0 unspecified atom stereocenters. The molecule has 1 amide bonds. The fourth-order valence-corrected chi connectivity index (χ4v) is 4.72. The molecule has 166 valence electrons. The summed E-state index contributed by atoms with van der Waals surface area (Å²) in [5, 5.41) is 4.10. The first-order valence-electron chi connectivity index (χ1n) is 11.5. The second-order valence-electron chi connectivity index (χ2n) is 8.48. The number of fused-ring (bicyclic) bond motifs is 1. The van der Waals surface area contributed by atoms with Gasteiger partial charge >= 0.3 is 0 Å². The summed E-state index contributed by atoms with van der Waals surface area (Å²) in [7, 11) is 0. The third kappa shape index (κ3) is 4.08. The summed E-state index contributed by atoms with van der Waals surface area (Å²) in [4.78, 5) is 20.6. The van der Waals surface area contributed by atoms with Crippen LogP contribution in [0.5, 0.6) is 0 Å². The molecule has 0 bridgehead atoms. The number of carbonyl (C=O) groups is 1. The molecule has 5 rings (SSSR count). The number of hydrogen-bond donors (Lipinski definition) is 1. The Hall–Kier alpha value is -2.96. The lowest BCUT2D eigenvalue weighted by atomic mass is 10.0. The Kier molecular flexibility index (Phi) is 5.81. The van der Waals surface area contributed by atoms with Crippen LogP contribution in [0.3, 0.4) is 0 Å². The van der Waals surface area contributed by atoms with Crippen LogP contribution in [0.4, 0.5) is 5.82 Å². The van der Waals surface area contributed by atoms with Gasteiger partial charge in [0.15, 0.2) is 5.79 Å². The molecule has 1 aromatic heterocycles. The predicted molar refractivity (Wildman–Crippen MR) is 125 cm³/mol. The van der Waals surface area contributed by atoms with Gasteiger partial charge in [0.25, 0.3) is 5.91 Å². The zero-order chi connectivity index (χ0) is 22.0. The molecule has 2 aliphatic heterocycles. The van der Waals surface area contributed by atoms with Crippen LogP contribution in [0.1, 0.15) is 48.1 Å². The molecule has 6 heteroatoms. The van der Waals surface area contributed by atoms with Crippen LogP contribution in [-0.4, -0.2) is 43.0 Å². The first kappa shape index (κ1) is 20.9. The molecule has 1 spiro atoms. The Bertz CT molecular complexity index is 1090. The van der Waals surface area contributed by atoms with Crippen LogP contribution in [0.25, 0.3) is 10.9 Å². The fraction of sp³-hybridized carbons (Fsp3) is 0.385. The van der Waals surface area contributed by atoms with Gasteiger partial charge in [-0.3, -0.25) is 4.79 Å². The smallest absolute Gasteiger partial charge is 0.252 e. The number of anilines is 1. The molecular formula is C26H29N3O3. The number of para-hydroxylation sites is 1. The lowest BCUT2D eigenvalue weighted by Crippen LogP contribution is -2.45. The average molecular weight is 432 g/mol. The van der Waals surface area contributed by atoms with Crippen LogP contribution < -0.4 is 10.2 Å². The molecule has 2 fully saturated rings. The van der Waals surface area contributed by atoms with E-state index in [0.717, 1.165) is 54.6 Å². The first-order valence-corrected chi connectivity index (χ1v) is 11.5. The standard InChI is InChI=1S/C26H29N3O3/c1-2-22(19-8-4-3-5-9-19)28-25(30)21-18-24(27-23-11-7-6-10-20(21)23)29-14-12-26(13-15-29)31-16-17-32-26/h3-11,18,22H,2,12-17H2,1H3,(H,28,30)/t22-/m0/s1. The molecule has 0 saturated carbocycles. The number of pyridine rings is 1. The summed E-state index contributed by atoms with van der Waals surface area (Å²) < 4.78 is 11.7. The van der Waals surface area contributed by atoms with E-state index in [4.69, 9.17) is 14.5 Å². The van der Waals surface area contributed by atoms with Crippen LogP contribution in [0.15, 0.2) is 60.7 Å². The summed E-state index contributed by atoms with van der Waals surface area (Å²) in [6.45, 7) is 4.99.